The van der Waals surface area contributed by atoms with Gasteiger partial charge in [0.05, 0.1) is 5.41 Å². The fourth-order valence-electron chi connectivity index (χ4n) is 2.12. The maximum atomic E-state index is 12.0. The molecule has 0 saturated carbocycles. The Morgan fingerprint density at radius 1 is 1.47 bits per heavy atom. The lowest BCUT2D eigenvalue weighted by Crippen LogP contribution is -2.52. The highest BCUT2D eigenvalue weighted by atomic mass is 16.4. The number of hydrogen-bond donors (Lipinski definition) is 2. The number of likely N-dealkylation sites (tertiary alicyclic amines) is 1. The fraction of sp³-hybridized carbons (Fsp3) is 0.846. The maximum absolute atomic E-state index is 12.0. The van der Waals surface area contributed by atoms with E-state index in [0.717, 1.165) is 25.9 Å². The van der Waals surface area contributed by atoms with E-state index < -0.39 is 11.4 Å². The van der Waals surface area contributed by atoms with Crippen molar-refractivity contribution in [2.45, 2.75) is 32.7 Å². The Bertz CT molecular complexity index is 344. The molecule has 0 aromatic heterocycles. The van der Waals surface area contributed by atoms with Crippen LogP contribution in [0.4, 0.5) is 4.79 Å². The van der Waals surface area contributed by atoms with Crippen LogP contribution in [0.1, 0.15) is 26.7 Å². The molecule has 2 amide bonds. The van der Waals surface area contributed by atoms with E-state index in [1.807, 2.05) is 7.05 Å². The first-order valence-corrected chi connectivity index (χ1v) is 6.66. The van der Waals surface area contributed by atoms with Crippen LogP contribution in [0, 0.1) is 5.41 Å². The Morgan fingerprint density at radius 2 is 2.11 bits per heavy atom. The quantitative estimate of drug-likeness (QED) is 0.794. The average Bonchev–Trinajstić information content (AvgIpc) is 2.35. The van der Waals surface area contributed by atoms with Crippen LogP contribution in [-0.2, 0) is 4.79 Å². The van der Waals surface area contributed by atoms with Crippen molar-refractivity contribution in [1.29, 1.82) is 0 Å². The van der Waals surface area contributed by atoms with Crippen molar-refractivity contribution in [3.63, 3.8) is 0 Å². The number of piperidine rings is 1. The van der Waals surface area contributed by atoms with Crippen molar-refractivity contribution in [2.75, 3.05) is 33.7 Å². The summed E-state index contributed by atoms with van der Waals surface area (Å²) in [7, 11) is 3.82. The molecular weight excluding hydrogens is 246 g/mol. The second kappa shape index (κ2) is 6.23. The van der Waals surface area contributed by atoms with E-state index in [9.17, 15) is 9.59 Å². The molecule has 0 aliphatic carbocycles. The summed E-state index contributed by atoms with van der Waals surface area (Å²) < 4.78 is 0. The molecule has 1 heterocycles. The van der Waals surface area contributed by atoms with E-state index in [1.165, 1.54) is 0 Å². The number of nitrogens with zero attached hydrogens (tertiary/aromatic N) is 2. The number of carboxylic acids is 1. The number of urea groups is 1. The monoisotopic (exact) mass is 271 g/mol. The second-order valence-electron chi connectivity index (χ2n) is 6.02. The molecule has 6 heteroatoms. The molecule has 19 heavy (non-hydrogen) atoms. The van der Waals surface area contributed by atoms with Crippen LogP contribution < -0.4 is 5.32 Å². The van der Waals surface area contributed by atoms with Gasteiger partial charge >= 0.3 is 12.0 Å². The zero-order valence-electron chi connectivity index (χ0n) is 12.3. The summed E-state index contributed by atoms with van der Waals surface area (Å²) >= 11 is 0. The van der Waals surface area contributed by atoms with E-state index in [-0.39, 0.29) is 18.6 Å². The van der Waals surface area contributed by atoms with Gasteiger partial charge in [-0.25, -0.2) is 4.79 Å². The summed E-state index contributed by atoms with van der Waals surface area (Å²) in [6.45, 7) is 5.27. The Hall–Kier alpha value is -1.30. The van der Waals surface area contributed by atoms with Gasteiger partial charge in [-0.3, -0.25) is 4.79 Å². The van der Waals surface area contributed by atoms with Gasteiger partial charge in [0, 0.05) is 26.2 Å². The van der Waals surface area contributed by atoms with Gasteiger partial charge in [0.2, 0.25) is 0 Å². The molecular formula is C13H25N3O3. The molecule has 0 aromatic rings. The largest absolute Gasteiger partial charge is 0.481 e. The molecule has 0 radical (unpaired) electrons. The summed E-state index contributed by atoms with van der Waals surface area (Å²) in [6, 6.07) is 0.00122. The summed E-state index contributed by atoms with van der Waals surface area (Å²) in [4.78, 5) is 26.9. The van der Waals surface area contributed by atoms with E-state index in [1.54, 1.807) is 25.8 Å². The van der Waals surface area contributed by atoms with Gasteiger partial charge in [-0.15, -0.1) is 0 Å². The lowest BCUT2D eigenvalue weighted by Gasteiger charge is -2.36. The normalized spacial score (nSPS) is 20.9. The SMILES string of the molecule is CN1CCCC(N(C)C(=O)NCC(C)(C)C(=O)O)C1. The molecule has 2 N–H and O–H groups in total. The number of carbonyl (C=O) groups excluding carboxylic acids is 1. The molecule has 0 aromatic carbocycles. The summed E-state index contributed by atoms with van der Waals surface area (Å²) in [5.74, 6) is -0.909. The summed E-state index contributed by atoms with van der Waals surface area (Å²) in [5, 5.41) is 11.7. The predicted octanol–water partition coefficient (Wildman–Crippen LogP) is 0.833. The van der Waals surface area contributed by atoms with Gasteiger partial charge in [-0.05, 0) is 40.3 Å². The molecule has 1 rings (SSSR count). The number of aliphatic carboxylic acids is 1. The molecule has 1 aliphatic rings. The third-order valence-electron chi connectivity index (χ3n) is 3.73. The topological polar surface area (TPSA) is 72.9 Å². The van der Waals surface area contributed by atoms with Gasteiger partial charge in [0.1, 0.15) is 0 Å². The van der Waals surface area contributed by atoms with Crippen LogP contribution in [0.5, 0.6) is 0 Å². The third-order valence-corrected chi connectivity index (χ3v) is 3.73. The molecule has 1 atom stereocenters. The highest BCUT2D eigenvalue weighted by Crippen LogP contribution is 2.15. The van der Waals surface area contributed by atoms with E-state index >= 15 is 0 Å². The first-order chi connectivity index (χ1) is 8.74. The average molecular weight is 271 g/mol. The number of hydrogen-bond acceptors (Lipinski definition) is 3. The van der Waals surface area contributed by atoms with Crippen LogP contribution in [0.2, 0.25) is 0 Å². The van der Waals surface area contributed by atoms with Crippen molar-refractivity contribution in [2.24, 2.45) is 5.41 Å². The van der Waals surface area contributed by atoms with Crippen LogP contribution in [0.3, 0.4) is 0 Å². The van der Waals surface area contributed by atoms with Crippen LogP contribution >= 0.6 is 0 Å². The maximum Gasteiger partial charge on any atom is 0.317 e. The van der Waals surface area contributed by atoms with Crippen molar-refractivity contribution >= 4 is 12.0 Å². The number of rotatable bonds is 4. The van der Waals surface area contributed by atoms with Crippen molar-refractivity contribution < 1.29 is 14.7 Å². The number of carbonyl (C=O) groups is 2. The highest BCUT2D eigenvalue weighted by Gasteiger charge is 2.29. The van der Waals surface area contributed by atoms with Crippen molar-refractivity contribution in [1.82, 2.24) is 15.1 Å². The van der Waals surface area contributed by atoms with Crippen molar-refractivity contribution in [3.8, 4) is 0 Å². The summed E-state index contributed by atoms with van der Waals surface area (Å²) in [5.41, 5.74) is -0.945. The van der Waals surface area contributed by atoms with Crippen LogP contribution in [0.15, 0.2) is 0 Å². The van der Waals surface area contributed by atoms with E-state index in [4.69, 9.17) is 5.11 Å². The minimum atomic E-state index is -0.945. The number of amides is 2. The zero-order chi connectivity index (χ0) is 14.6. The van der Waals surface area contributed by atoms with Gasteiger partial charge in [-0.2, -0.15) is 0 Å². The third kappa shape index (κ3) is 4.38. The first kappa shape index (κ1) is 15.8. The second-order valence-corrected chi connectivity index (χ2v) is 6.02. The zero-order valence-corrected chi connectivity index (χ0v) is 12.3. The van der Waals surface area contributed by atoms with E-state index in [2.05, 4.69) is 10.2 Å². The Balaban J connectivity index is 2.46. The van der Waals surface area contributed by atoms with E-state index in [0.29, 0.717) is 0 Å². The smallest absolute Gasteiger partial charge is 0.317 e. The van der Waals surface area contributed by atoms with Gasteiger partial charge in [0.25, 0.3) is 0 Å². The summed E-state index contributed by atoms with van der Waals surface area (Å²) in [6.07, 6.45) is 2.08. The molecule has 1 aliphatic heterocycles. The fourth-order valence-corrected chi connectivity index (χ4v) is 2.12. The first-order valence-electron chi connectivity index (χ1n) is 6.66. The van der Waals surface area contributed by atoms with Gasteiger partial charge in [-0.1, -0.05) is 0 Å². The molecule has 6 nitrogen and oxygen atoms in total. The van der Waals surface area contributed by atoms with Gasteiger partial charge < -0.3 is 20.2 Å². The number of carboxylic acid groups (broad SMARTS) is 1. The Kier molecular flexibility index (Phi) is 5.17. The minimum absolute atomic E-state index is 0.133. The lowest BCUT2D eigenvalue weighted by atomic mass is 9.94. The standard InChI is InChI=1S/C13H25N3O3/c1-13(2,11(17)18)9-14-12(19)16(4)10-6-5-7-15(3)8-10/h10H,5-9H2,1-4H3,(H,14,19)(H,17,18). The van der Waals surface area contributed by atoms with Gasteiger partial charge in [0.15, 0.2) is 0 Å². The Labute approximate surface area is 114 Å². The lowest BCUT2D eigenvalue weighted by molar-refractivity contribution is -0.146. The molecule has 0 spiro atoms. The minimum Gasteiger partial charge on any atom is -0.481 e. The number of likely N-dealkylation sites (N-methyl/N-ethyl adjacent to an activating group) is 2. The molecule has 1 saturated heterocycles. The predicted molar refractivity (Wildman–Crippen MR) is 73.1 cm³/mol. The van der Waals surface area contributed by atoms with Crippen molar-refractivity contribution in [3.05, 3.63) is 0 Å². The molecule has 0 bridgehead atoms. The van der Waals surface area contributed by atoms with Crippen LogP contribution in [-0.4, -0.2) is 66.7 Å². The van der Waals surface area contributed by atoms with Crippen LogP contribution in [0.25, 0.3) is 0 Å². The molecule has 110 valence electrons. The molecule has 1 fully saturated rings. The molecule has 1 unspecified atom stereocenters. The number of nitrogens with one attached hydrogen (secondary N) is 1. The highest BCUT2D eigenvalue weighted by molar-refractivity contribution is 5.77. The Morgan fingerprint density at radius 3 is 2.63 bits per heavy atom.